The Labute approximate surface area is 535 Å². The predicted octanol–water partition coefficient (Wildman–Crippen LogP) is 8.91. The number of hydrogen-bond donors (Lipinski definition) is 4. The van der Waals surface area contributed by atoms with Crippen LogP contribution in [0.1, 0.15) is 159 Å². The molecule has 0 saturated carbocycles. The SMILES string of the molecule is CCC(CC)C(=O)OCCCCCC(=O)C[C@H](C(=O)N[C@@H](CCCNC(N)=O)C(=O)Cc1ccc(C(=O)N(C)[C@@H](C)C(=O)O[C@H]2CC(=O)N(C)c3cc(cc(OC)c3Cl)C/C(C)=C/C=C/[C@@H](OC)[C@]3(O)CC(=O)O[C@@H](C3)[C@@H](C)[C@@H]3O[C@@]23C)c(C(F)(F)F)c1)C(C)C. The van der Waals surface area contributed by atoms with Gasteiger partial charge in [-0.25, -0.2) is 9.59 Å². The molecule has 3 aliphatic rings. The van der Waals surface area contributed by atoms with Crippen LogP contribution in [0.5, 0.6) is 5.75 Å². The second-order valence-corrected chi connectivity index (χ2v) is 25.1. The maximum atomic E-state index is 15.2. The van der Waals surface area contributed by atoms with Gasteiger partial charge in [0.25, 0.3) is 5.91 Å². The van der Waals surface area contributed by atoms with Gasteiger partial charge in [0.05, 0.1) is 61.4 Å². The minimum Gasteiger partial charge on any atom is -0.495 e. The van der Waals surface area contributed by atoms with Gasteiger partial charge in [-0.05, 0) is 113 Å². The highest BCUT2D eigenvalue weighted by Crippen LogP contribution is 2.50. The van der Waals surface area contributed by atoms with Crippen molar-refractivity contribution in [1.29, 1.82) is 0 Å². The molecule has 0 spiro atoms. The van der Waals surface area contributed by atoms with E-state index >= 15 is 13.2 Å². The van der Waals surface area contributed by atoms with Gasteiger partial charge < -0.3 is 59.7 Å². The van der Waals surface area contributed by atoms with Crippen LogP contribution >= 0.6 is 11.6 Å². The molecule has 5 rings (SSSR count). The highest BCUT2D eigenvalue weighted by atomic mass is 35.5. The highest BCUT2D eigenvalue weighted by Gasteiger charge is 2.64. The topological polar surface area (TPSA) is 289 Å². The lowest BCUT2D eigenvalue weighted by atomic mass is 9.78. The summed E-state index contributed by atoms with van der Waals surface area (Å²) in [5.41, 5.74) is 1.27. The molecule has 5 N–H and O–H groups in total. The first kappa shape index (κ1) is 74.8. The van der Waals surface area contributed by atoms with Gasteiger partial charge in [0.2, 0.25) is 11.8 Å². The molecule has 504 valence electrons. The molecule has 0 unspecified atom stereocenters. The number of anilines is 1. The Morgan fingerprint density at radius 2 is 1.68 bits per heavy atom. The van der Waals surface area contributed by atoms with Crippen molar-refractivity contribution >= 4 is 70.5 Å². The van der Waals surface area contributed by atoms with Crippen LogP contribution in [0.4, 0.5) is 23.7 Å². The molecule has 2 saturated heterocycles. The van der Waals surface area contributed by atoms with Gasteiger partial charge in [-0.3, -0.25) is 33.6 Å². The van der Waals surface area contributed by atoms with Crippen LogP contribution in [0.2, 0.25) is 5.02 Å². The van der Waals surface area contributed by atoms with Gasteiger partial charge in [-0.1, -0.05) is 76.1 Å². The van der Waals surface area contributed by atoms with Crippen molar-refractivity contribution in [2.24, 2.45) is 29.4 Å². The summed E-state index contributed by atoms with van der Waals surface area (Å²) in [4.78, 5) is 123. The molecule has 2 aromatic rings. The summed E-state index contributed by atoms with van der Waals surface area (Å²) in [5, 5.41) is 17.2. The van der Waals surface area contributed by atoms with E-state index in [0.717, 1.165) is 29.7 Å². The first-order chi connectivity index (χ1) is 42.7. The zero-order valence-electron chi connectivity index (χ0n) is 54.3. The Kier molecular flexibility index (Phi) is 27.2. The zero-order valence-corrected chi connectivity index (χ0v) is 55.0. The number of fused-ring (bicyclic) bond motifs is 5. The van der Waals surface area contributed by atoms with E-state index in [4.69, 9.17) is 45.8 Å². The Hall–Kier alpha value is -6.89. The van der Waals surface area contributed by atoms with E-state index in [-0.39, 0.29) is 90.9 Å². The van der Waals surface area contributed by atoms with E-state index < -0.39 is 138 Å². The van der Waals surface area contributed by atoms with Crippen LogP contribution in [0.15, 0.2) is 54.1 Å². The number of Topliss-reactive ketones (excluding diaryl/α,β-unsaturated/α-hetero) is 2. The summed E-state index contributed by atoms with van der Waals surface area (Å²) in [6.07, 6.45) is -2.65. The summed E-state index contributed by atoms with van der Waals surface area (Å²) in [5.74, 6) is -7.43. The lowest BCUT2D eigenvalue weighted by Crippen LogP contribution is -2.53. The van der Waals surface area contributed by atoms with Gasteiger partial charge >= 0.3 is 30.1 Å². The van der Waals surface area contributed by atoms with E-state index in [0.29, 0.717) is 50.2 Å². The van der Waals surface area contributed by atoms with Crippen molar-refractivity contribution in [1.82, 2.24) is 15.5 Å². The Balaban J connectivity index is 1.37. The molecule has 0 aliphatic carbocycles. The number of ether oxygens (including phenoxy) is 6. The number of methoxy groups -OCH3 is 2. The van der Waals surface area contributed by atoms with Gasteiger partial charge in [-0.2, -0.15) is 13.2 Å². The molecule has 3 aliphatic heterocycles. The number of nitrogens with zero attached hydrogens (tertiary/aromatic N) is 2. The summed E-state index contributed by atoms with van der Waals surface area (Å²) in [6.45, 7) is 13.9. The van der Waals surface area contributed by atoms with Crippen LogP contribution in [-0.2, 0) is 76.3 Å². The number of likely N-dealkylation sites (N-methyl/N-ethyl adjacent to an activating group) is 1. The molecule has 2 fully saturated rings. The minimum absolute atomic E-state index is 0.00674. The molecule has 3 heterocycles. The molecule has 2 aromatic carbocycles. The fourth-order valence-corrected chi connectivity index (χ4v) is 12.0. The van der Waals surface area contributed by atoms with E-state index in [1.54, 1.807) is 52.0 Å². The van der Waals surface area contributed by atoms with Crippen LogP contribution in [-0.4, -0.2) is 152 Å². The number of epoxide rings is 1. The second-order valence-electron chi connectivity index (χ2n) is 24.7. The first-order valence-corrected chi connectivity index (χ1v) is 31.4. The van der Waals surface area contributed by atoms with Crippen LogP contribution < -0.4 is 26.0 Å². The van der Waals surface area contributed by atoms with Gasteiger partial charge in [0.15, 0.2) is 5.78 Å². The zero-order chi connectivity index (χ0) is 67.9. The van der Waals surface area contributed by atoms with Crippen LogP contribution in [0.25, 0.3) is 0 Å². The van der Waals surface area contributed by atoms with Crippen LogP contribution in [0.3, 0.4) is 0 Å². The number of amides is 5. The fraction of sp³-hybridized carbons (Fsp3) is 0.621. The number of halogens is 4. The maximum Gasteiger partial charge on any atom is 0.417 e. The molecule has 21 nitrogen and oxygen atoms in total. The fourth-order valence-electron chi connectivity index (χ4n) is 11.7. The Morgan fingerprint density at radius 1 is 0.989 bits per heavy atom. The summed E-state index contributed by atoms with van der Waals surface area (Å²) >= 11 is 6.83. The van der Waals surface area contributed by atoms with Gasteiger partial charge in [0, 0.05) is 65.3 Å². The van der Waals surface area contributed by atoms with E-state index in [1.807, 2.05) is 26.8 Å². The predicted molar refractivity (Wildman–Crippen MR) is 332 cm³/mol. The maximum absolute atomic E-state index is 15.2. The number of primary amides is 1. The third-order valence-corrected chi connectivity index (χ3v) is 18.0. The number of carbonyl (C=O) groups is 9. The average molecular weight is 1300 g/mol. The number of alkyl halides is 3. The normalized spacial score (nSPS) is 23.9. The number of unbranched alkanes of at least 4 members (excludes halogenated alkanes) is 2. The minimum atomic E-state index is -5.19. The van der Waals surface area contributed by atoms with Gasteiger partial charge in [-0.15, -0.1) is 0 Å². The van der Waals surface area contributed by atoms with Crippen molar-refractivity contribution in [3.05, 3.63) is 81.4 Å². The van der Waals surface area contributed by atoms with E-state index in [9.17, 15) is 48.3 Å². The standard InChI is InChI=1S/C66H91ClF3N5O16/c1-13-43(14-2)62(83)88-27-17-15-16-21-44(76)33-46(37(3)4)59(80)73-48(22-19-26-72-63(71)84)50(77)31-41-24-25-45(47(29-41)66(68,69)70)60(81)74(9)40(7)61(82)90-54-34-55(78)75(10)49-30-42(32-51(86-11)57(49)67)28-38(5)20-18-23-53(87-12)65(85)35-52(89-56(79)36-65)39(6)58-64(54,8)91-58/h18,20,23-25,29-30,32,37,39-40,43,46,48,52-54,58,85H,13-17,19,21-22,26-28,31,33-36H2,1-12H3,(H,73,80)(H3,71,72,84)/b23-18+,38-20+/t39-,40+,46+,48+,52+,53-,54+,58+,64+,65-/m1/s1. The Morgan fingerprint density at radius 3 is 2.31 bits per heavy atom. The number of hydrogen-bond acceptors (Lipinski definition) is 16. The molecule has 25 heteroatoms. The van der Waals surface area contributed by atoms with E-state index in [1.165, 1.54) is 33.1 Å². The third kappa shape index (κ3) is 20.1. The third-order valence-electron chi connectivity index (χ3n) is 17.6. The van der Waals surface area contributed by atoms with Crippen molar-refractivity contribution in [2.45, 2.75) is 199 Å². The molecular weight excluding hydrogens is 1210 g/mol. The summed E-state index contributed by atoms with van der Waals surface area (Å²) in [7, 11) is 5.36. The molecule has 10 atom stereocenters. The Bertz CT molecular complexity index is 3030. The van der Waals surface area contributed by atoms with Crippen molar-refractivity contribution in [3.63, 3.8) is 0 Å². The first-order valence-electron chi connectivity index (χ1n) is 31.1. The monoisotopic (exact) mass is 1300 g/mol. The van der Waals surface area contributed by atoms with Crippen molar-refractivity contribution in [2.75, 3.05) is 46.4 Å². The van der Waals surface area contributed by atoms with Crippen molar-refractivity contribution < 1.29 is 89.8 Å². The molecular formula is C66H91ClF3N5O16. The molecule has 0 radical (unpaired) electrons. The summed E-state index contributed by atoms with van der Waals surface area (Å²) in [6, 6.07) is 2.30. The number of urea groups is 1. The van der Waals surface area contributed by atoms with Crippen LogP contribution in [0, 0.1) is 23.7 Å². The number of carbonyl (C=O) groups excluding carboxylic acids is 9. The van der Waals surface area contributed by atoms with E-state index in [2.05, 4.69) is 10.6 Å². The number of rotatable bonds is 27. The number of ketones is 2. The quantitative estimate of drug-likeness (QED) is 0.0281. The number of nitrogens with two attached hydrogens (primary N) is 1. The molecule has 5 amide bonds. The second kappa shape index (κ2) is 33.1. The lowest BCUT2D eigenvalue weighted by Gasteiger charge is -2.41. The molecule has 91 heavy (non-hydrogen) atoms. The molecule has 0 aromatic heterocycles. The lowest BCUT2D eigenvalue weighted by molar-refractivity contribution is -0.187. The summed E-state index contributed by atoms with van der Waals surface area (Å²) < 4.78 is 80.4. The largest absolute Gasteiger partial charge is 0.495 e. The number of nitrogens with one attached hydrogen (secondary N) is 2. The number of esters is 3. The average Bonchev–Trinajstić information content (AvgIpc) is 1.59. The smallest absolute Gasteiger partial charge is 0.417 e. The highest BCUT2D eigenvalue weighted by molar-refractivity contribution is 6.35. The van der Waals surface area contributed by atoms with Gasteiger partial charge in [0.1, 0.15) is 52.1 Å². The number of benzene rings is 2. The van der Waals surface area contributed by atoms with Crippen molar-refractivity contribution in [3.8, 4) is 5.75 Å². The number of allylic oxidation sites excluding steroid dienone is 3. The number of aliphatic hydroxyl groups is 1. The molecule has 4 bridgehead atoms.